The quantitative estimate of drug-likeness (QED) is 0.283. The monoisotopic (exact) mass is 539 g/mol. The van der Waals surface area contributed by atoms with Crippen LogP contribution < -0.4 is 10.6 Å². The van der Waals surface area contributed by atoms with Crippen LogP contribution in [0.1, 0.15) is 84.4 Å². The van der Waals surface area contributed by atoms with E-state index >= 15 is 0 Å². The van der Waals surface area contributed by atoms with Crippen molar-refractivity contribution in [2.75, 3.05) is 6.54 Å². The van der Waals surface area contributed by atoms with Crippen LogP contribution in [0.3, 0.4) is 0 Å². The fraction of sp³-hybridized carbons (Fsp3) is 0.516. The van der Waals surface area contributed by atoms with Crippen LogP contribution in [0.15, 0.2) is 54.6 Å². The molecule has 0 aromatic heterocycles. The first-order valence-corrected chi connectivity index (χ1v) is 13.8. The second-order valence-corrected chi connectivity index (χ2v) is 11.2. The van der Waals surface area contributed by atoms with Crippen LogP contribution in [0, 0.1) is 5.92 Å². The van der Waals surface area contributed by atoms with Gasteiger partial charge in [-0.3, -0.25) is 9.59 Å². The number of nitrogens with one attached hydrogen (secondary N) is 2. The highest BCUT2D eigenvalue weighted by Crippen LogP contribution is 2.26. The Morgan fingerprint density at radius 2 is 1.59 bits per heavy atom. The van der Waals surface area contributed by atoms with Gasteiger partial charge >= 0.3 is 6.09 Å². The molecule has 2 aromatic rings. The van der Waals surface area contributed by atoms with Crippen molar-refractivity contribution in [2.24, 2.45) is 5.92 Å². The van der Waals surface area contributed by atoms with Crippen LogP contribution in [0.5, 0.6) is 5.75 Å². The minimum absolute atomic E-state index is 0.0645. The first-order chi connectivity index (χ1) is 18.4. The Morgan fingerprint density at radius 3 is 2.15 bits per heavy atom. The Morgan fingerprint density at radius 1 is 0.949 bits per heavy atom. The Hall–Kier alpha value is -3.55. The van der Waals surface area contributed by atoms with E-state index in [0.29, 0.717) is 25.1 Å². The first kappa shape index (κ1) is 31.7. The van der Waals surface area contributed by atoms with Crippen molar-refractivity contribution in [3.05, 3.63) is 65.7 Å². The third-order valence-corrected chi connectivity index (χ3v) is 6.22. The van der Waals surface area contributed by atoms with E-state index in [-0.39, 0.29) is 23.5 Å². The normalized spacial score (nSPS) is 12.9. The van der Waals surface area contributed by atoms with Gasteiger partial charge in [0.05, 0.1) is 0 Å². The number of carbonyl (C=O) groups excluding carboxylic acids is 3. The van der Waals surface area contributed by atoms with Gasteiger partial charge in [-0.25, -0.2) is 4.79 Å². The van der Waals surface area contributed by atoms with E-state index < -0.39 is 23.8 Å². The van der Waals surface area contributed by atoms with E-state index in [4.69, 9.17) is 4.74 Å². The van der Waals surface area contributed by atoms with Crippen LogP contribution in [-0.4, -0.2) is 46.1 Å². The molecule has 0 bridgehead atoms. The summed E-state index contributed by atoms with van der Waals surface area (Å²) >= 11 is 0. The van der Waals surface area contributed by atoms with Crippen molar-refractivity contribution in [1.82, 2.24) is 15.5 Å². The van der Waals surface area contributed by atoms with Crippen molar-refractivity contribution < 1.29 is 24.2 Å². The van der Waals surface area contributed by atoms with Gasteiger partial charge in [-0.1, -0.05) is 82.5 Å². The van der Waals surface area contributed by atoms with Gasteiger partial charge in [0, 0.05) is 13.1 Å². The van der Waals surface area contributed by atoms with Crippen molar-refractivity contribution in [2.45, 2.75) is 91.5 Å². The topological polar surface area (TPSA) is 108 Å². The van der Waals surface area contributed by atoms with Gasteiger partial charge in [-0.05, 0) is 56.4 Å². The van der Waals surface area contributed by atoms with Crippen LogP contribution >= 0.6 is 0 Å². The molecule has 2 unspecified atom stereocenters. The number of hydrogen-bond acceptors (Lipinski definition) is 5. The fourth-order valence-corrected chi connectivity index (χ4v) is 4.21. The molecule has 2 aromatic carbocycles. The number of aromatic hydroxyl groups is 1. The number of nitrogens with zero attached hydrogens (tertiary/aromatic N) is 1. The zero-order chi connectivity index (χ0) is 29.0. The summed E-state index contributed by atoms with van der Waals surface area (Å²) in [4.78, 5) is 42.1. The third kappa shape index (κ3) is 10.6. The van der Waals surface area contributed by atoms with Crippen molar-refractivity contribution in [3.8, 4) is 5.75 Å². The molecule has 0 saturated heterocycles. The molecule has 0 heterocycles. The Labute approximate surface area is 233 Å². The Balaban J connectivity index is 2.44. The highest BCUT2D eigenvalue weighted by molar-refractivity contribution is 5.92. The Kier molecular flexibility index (Phi) is 12.3. The zero-order valence-corrected chi connectivity index (χ0v) is 24.2. The van der Waals surface area contributed by atoms with Crippen LogP contribution in [0.25, 0.3) is 0 Å². The van der Waals surface area contributed by atoms with Crippen LogP contribution in [0.2, 0.25) is 0 Å². The number of carbonyl (C=O) groups is 3. The molecular formula is C31H45N3O5. The summed E-state index contributed by atoms with van der Waals surface area (Å²) in [5.74, 6) is -0.890. The second-order valence-electron chi connectivity index (χ2n) is 11.2. The van der Waals surface area contributed by atoms with E-state index in [1.54, 1.807) is 37.8 Å². The standard InChI is InChI=1S/C31H45N3O5/c1-7-8-9-13-20-34(29(37)26(22(2)3)33-30(38)39-31(4,5)6)27(24-16-18-25(35)19-17-24)28(36)32-21-23-14-11-10-12-15-23/h10-12,14-19,22,26-27,35H,7-9,13,20-21H2,1-6H3,(H,32,36)(H,33,38). The maximum Gasteiger partial charge on any atom is 0.408 e. The zero-order valence-electron chi connectivity index (χ0n) is 24.2. The lowest BCUT2D eigenvalue weighted by Gasteiger charge is -2.35. The van der Waals surface area contributed by atoms with E-state index in [0.717, 1.165) is 24.8 Å². The molecule has 2 rings (SSSR count). The molecule has 3 amide bonds. The fourth-order valence-electron chi connectivity index (χ4n) is 4.21. The lowest BCUT2D eigenvalue weighted by atomic mass is 9.98. The van der Waals surface area contributed by atoms with E-state index in [1.807, 2.05) is 44.2 Å². The molecule has 3 N–H and O–H groups in total. The number of amides is 3. The predicted molar refractivity (Wildman–Crippen MR) is 153 cm³/mol. The smallest absolute Gasteiger partial charge is 0.408 e. The van der Waals surface area contributed by atoms with Crippen LogP contribution in [0.4, 0.5) is 4.79 Å². The molecule has 0 saturated carbocycles. The predicted octanol–water partition coefficient (Wildman–Crippen LogP) is 5.71. The molecule has 0 aliphatic heterocycles. The SMILES string of the molecule is CCCCCCN(C(=O)C(NC(=O)OC(C)(C)C)C(C)C)C(C(=O)NCc1ccccc1)c1ccc(O)cc1. The summed E-state index contributed by atoms with van der Waals surface area (Å²) in [5, 5.41) is 15.6. The molecule has 8 nitrogen and oxygen atoms in total. The molecule has 0 radical (unpaired) electrons. The summed E-state index contributed by atoms with van der Waals surface area (Å²) in [7, 11) is 0. The molecular weight excluding hydrogens is 494 g/mol. The molecule has 0 aliphatic rings. The largest absolute Gasteiger partial charge is 0.508 e. The lowest BCUT2D eigenvalue weighted by Crippen LogP contribution is -2.55. The molecule has 2 atom stereocenters. The number of rotatable bonds is 13. The van der Waals surface area contributed by atoms with Crippen molar-refractivity contribution in [3.63, 3.8) is 0 Å². The van der Waals surface area contributed by atoms with Gasteiger partial charge in [0.1, 0.15) is 23.4 Å². The van der Waals surface area contributed by atoms with Gasteiger partial charge < -0.3 is 25.4 Å². The average Bonchev–Trinajstić information content (AvgIpc) is 2.87. The average molecular weight is 540 g/mol. The summed E-state index contributed by atoms with van der Waals surface area (Å²) in [6.45, 7) is 11.7. The van der Waals surface area contributed by atoms with Gasteiger partial charge in [0.25, 0.3) is 0 Å². The molecule has 8 heteroatoms. The number of ether oxygens (including phenoxy) is 1. The maximum atomic E-state index is 14.1. The molecule has 0 aliphatic carbocycles. The number of phenolic OH excluding ortho intramolecular Hbond substituents is 1. The minimum atomic E-state index is -0.954. The highest BCUT2D eigenvalue weighted by atomic mass is 16.6. The second kappa shape index (κ2) is 15.1. The van der Waals surface area contributed by atoms with E-state index in [1.165, 1.54) is 12.1 Å². The summed E-state index contributed by atoms with van der Waals surface area (Å²) in [5.41, 5.74) is 0.783. The third-order valence-electron chi connectivity index (χ3n) is 6.22. The van der Waals surface area contributed by atoms with Gasteiger partial charge in [-0.2, -0.15) is 0 Å². The van der Waals surface area contributed by atoms with Crippen LogP contribution in [-0.2, 0) is 20.9 Å². The molecule has 214 valence electrons. The summed E-state index contributed by atoms with van der Waals surface area (Å²) < 4.78 is 5.43. The van der Waals surface area contributed by atoms with Gasteiger partial charge in [-0.15, -0.1) is 0 Å². The minimum Gasteiger partial charge on any atom is -0.508 e. The van der Waals surface area contributed by atoms with E-state index in [9.17, 15) is 19.5 Å². The number of benzene rings is 2. The van der Waals surface area contributed by atoms with Gasteiger partial charge in [0.15, 0.2) is 0 Å². The Bertz CT molecular complexity index is 1050. The number of phenols is 1. The van der Waals surface area contributed by atoms with Gasteiger partial charge in [0.2, 0.25) is 11.8 Å². The van der Waals surface area contributed by atoms with E-state index in [2.05, 4.69) is 17.6 Å². The first-order valence-electron chi connectivity index (χ1n) is 13.8. The maximum absolute atomic E-state index is 14.1. The number of hydrogen-bond donors (Lipinski definition) is 3. The van der Waals surface area contributed by atoms with Crippen molar-refractivity contribution >= 4 is 17.9 Å². The van der Waals surface area contributed by atoms with Crippen molar-refractivity contribution in [1.29, 1.82) is 0 Å². The number of unbranched alkanes of at least 4 members (excludes halogenated alkanes) is 3. The summed E-state index contributed by atoms with van der Waals surface area (Å²) in [6, 6.07) is 14.0. The summed E-state index contributed by atoms with van der Waals surface area (Å²) in [6.07, 6.45) is 2.96. The lowest BCUT2D eigenvalue weighted by molar-refractivity contribution is -0.143. The molecule has 0 spiro atoms. The molecule has 0 fully saturated rings. The highest BCUT2D eigenvalue weighted by Gasteiger charge is 2.37. The molecule has 39 heavy (non-hydrogen) atoms. The number of alkyl carbamates (subject to hydrolysis) is 1.